The van der Waals surface area contributed by atoms with E-state index >= 15 is 0 Å². The molecule has 0 aromatic heterocycles. The van der Waals surface area contributed by atoms with E-state index in [1.54, 1.807) is 26.2 Å². The van der Waals surface area contributed by atoms with Crippen molar-refractivity contribution in [3.8, 4) is 11.8 Å². The summed E-state index contributed by atoms with van der Waals surface area (Å²) in [4.78, 5) is 0. The van der Waals surface area contributed by atoms with Crippen LogP contribution in [0.1, 0.15) is 11.1 Å². The van der Waals surface area contributed by atoms with Gasteiger partial charge in [0.1, 0.15) is 5.75 Å². The summed E-state index contributed by atoms with van der Waals surface area (Å²) < 4.78 is 4.98. The fourth-order valence-corrected chi connectivity index (χ4v) is 1.18. The number of nitrogens with zero attached hydrogens (tertiary/aromatic N) is 1. The summed E-state index contributed by atoms with van der Waals surface area (Å²) in [6.45, 7) is 1.80. The molecule has 1 rings (SSSR count). The van der Waals surface area contributed by atoms with Gasteiger partial charge < -0.3 is 4.74 Å². The monoisotopic (exact) mass is 181 g/mol. The van der Waals surface area contributed by atoms with Gasteiger partial charge in [0.05, 0.1) is 23.8 Å². The number of halogens is 1. The lowest BCUT2D eigenvalue weighted by atomic mass is 10.1. The molecule has 0 saturated carbocycles. The zero-order valence-corrected chi connectivity index (χ0v) is 7.64. The quantitative estimate of drug-likeness (QED) is 0.667. The molecule has 0 heterocycles. The van der Waals surface area contributed by atoms with E-state index in [1.807, 2.05) is 6.07 Å². The molecule has 1 aromatic rings. The number of methoxy groups -OCH3 is 1. The summed E-state index contributed by atoms with van der Waals surface area (Å²) in [6, 6.07) is 5.43. The summed E-state index contributed by atoms with van der Waals surface area (Å²) in [6.07, 6.45) is 0. The van der Waals surface area contributed by atoms with Crippen molar-refractivity contribution in [1.82, 2.24) is 0 Å². The van der Waals surface area contributed by atoms with E-state index in [9.17, 15) is 0 Å². The highest BCUT2D eigenvalue weighted by atomic mass is 35.5. The first-order chi connectivity index (χ1) is 5.70. The lowest BCUT2D eigenvalue weighted by Gasteiger charge is -2.05. The summed E-state index contributed by atoms with van der Waals surface area (Å²) in [5.41, 5.74) is 1.35. The normalized spacial score (nSPS) is 9.17. The number of hydrogen-bond donors (Lipinski definition) is 0. The number of rotatable bonds is 1. The summed E-state index contributed by atoms with van der Waals surface area (Å²) in [5, 5.41) is 9.17. The maximum atomic E-state index is 8.66. The average molecular weight is 182 g/mol. The molecular formula is C9H8ClNO. The predicted octanol–water partition coefficient (Wildman–Crippen LogP) is 2.53. The second kappa shape index (κ2) is 3.46. The zero-order chi connectivity index (χ0) is 9.14. The molecule has 0 aliphatic rings. The van der Waals surface area contributed by atoms with Crippen LogP contribution in [0, 0.1) is 18.3 Å². The first-order valence-electron chi connectivity index (χ1n) is 3.44. The van der Waals surface area contributed by atoms with Crippen molar-refractivity contribution in [3.05, 3.63) is 28.3 Å². The Hall–Kier alpha value is -1.20. The van der Waals surface area contributed by atoms with E-state index in [-0.39, 0.29) is 0 Å². The van der Waals surface area contributed by atoms with E-state index in [2.05, 4.69) is 0 Å². The van der Waals surface area contributed by atoms with Crippen molar-refractivity contribution in [3.63, 3.8) is 0 Å². The fourth-order valence-electron chi connectivity index (χ4n) is 0.939. The average Bonchev–Trinajstić information content (AvgIpc) is 2.10. The van der Waals surface area contributed by atoms with Crippen LogP contribution in [0.2, 0.25) is 5.02 Å². The van der Waals surface area contributed by atoms with E-state index in [0.29, 0.717) is 16.3 Å². The van der Waals surface area contributed by atoms with Gasteiger partial charge in [-0.2, -0.15) is 5.26 Å². The Bertz CT molecular complexity index is 341. The molecule has 62 valence electrons. The summed E-state index contributed by atoms with van der Waals surface area (Å²) >= 11 is 5.90. The highest BCUT2D eigenvalue weighted by Crippen LogP contribution is 2.29. The molecular weight excluding hydrogens is 174 g/mol. The van der Waals surface area contributed by atoms with Gasteiger partial charge in [-0.05, 0) is 24.6 Å². The SMILES string of the molecule is COc1ccc(C#N)c(C)c1Cl. The lowest BCUT2D eigenvalue weighted by Crippen LogP contribution is -1.89. The second-order valence-electron chi connectivity index (χ2n) is 2.37. The van der Waals surface area contributed by atoms with Crippen molar-refractivity contribution < 1.29 is 4.74 Å². The molecule has 3 heteroatoms. The Morgan fingerprint density at radius 1 is 1.50 bits per heavy atom. The van der Waals surface area contributed by atoms with Crippen LogP contribution in [0.5, 0.6) is 5.75 Å². The van der Waals surface area contributed by atoms with Gasteiger partial charge in [-0.25, -0.2) is 0 Å². The van der Waals surface area contributed by atoms with Gasteiger partial charge in [0.25, 0.3) is 0 Å². The van der Waals surface area contributed by atoms with Crippen molar-refractivity contribution in [2.75, 3.05) is 7.11 Å². The molecule has 0 unspecified atom stereocenters. The Labute approximate surface area is 76.3 Å². The largest absolute Gasteiger partial charge is 0.495 e. The van der Waals surface area contributed by atoms with Gasteiger partial charge >= 0.3 is 0 Å². The highest BCUT2D eigenvalue weighted by Gasteiger charge is 2.06. The van der Waals surface area contributed by atoms with Crippen molar-refractivity contribution in [1.29, 1.82) is 5.26 Å². The number of hydrogen-bond acceptors (Lipinski definition) is 2. The van der Waals surface area contributed by atoms with E-state index in [4.69, 9.17) is 21.6 Å². The number of nitriles is 1. The van der Waals surface area contributed by atoms with Gasteiger partial charge in [0, 0.05) is 0 Å². The minimum atomic E-state index is 0.511. The van der Waals surface area contributed by atoms with Crippen LogP contribution in [0.3, 0.4) is 0 Å². The zero-order valence-electron chi connectivity index (χ0n) is 6.89. The summed E-state index contributed by atoms with van der Waals surface area (Å²) in [7, 11) is 1.55. The molecule has 12 heavy (non-hydrogen) atoms. The molecule has 0 atom stereocenters. The minimum absolute atomic E-state index is 0.511. The van der Waals surface area contributed by atoms with E-state index in [1.165, 1.54) is 0 Å². The third-order valence-corrected chi connectivity index (χ3v) is 2.16. The van der Waals surface area contributed by atoms with Crippen LogP contribution in [-0.2, 0) is 0 Å². The number of ether oxygens (including phenoxy) is 1. The van der Waals surface area contributed by atoms with E-state index < -0.39 is 0 Å². The topological polar surface area (TPSA) is 33.0 Å². The van der Waals surface area contributed by atoms with Gasteiger partial charge in [-0.1, -0.05) is 11.6 Å². The smallest absolute Gasteiger partial charge is 0.137 e. The molecule has 0 spiro atoms. The molecule has 0 bridgehead atoms. The van der Waals surface area contributed by atoms with Crippen molar-refractivity contribution in [2.45, 2.75) is 6.92 Å². The predicted molar refractivity (Wildman–Crippen MR) is 47.5 cm³/mol. The molecule has 0 N–H and O–H groups in total. The van der Waals surface area contributed by atoms with Crippen LogP contribution in [0.4, 0.5) is 0 Å². The minimum Gasteiger partial charge on any atom is -0.495 e. The third kappa shape index (κ3) is 1.37. The number of benzene rings is 1. The molecule has 2 nitrogen and oxygen atoms in total. The Kier molecular flexibility index (Phi) is 2.57. The van der Waals surface area contributed by atoms with Crippen LogP contribution in [-0.4, -0.2) is 7.11 Å². The van der Waals surface area contributed by atoms with E-state index in [0.717, 1.165) is 5.56 Å². The van der Waals surface area contributed by atoms with Crippen molar-refractivity contribution in [2.24, 2.45) is 0 Å². The standard InChI is InChI=1S/C9H8ClNO/c1-6-7(5-11)3-4-8(12-2)9(6)10/h3-4H,1-2H3. The maximum Gasteiger partial charge on any atom is 0.137 e. The Morgan fingerprint density at radius 3 is 2.67 bits per heavy atom. The van der Waals surface area contributed by atoms with Crippen LogP contribution in [0.15, 0.2) is 12.1 Å². The molecule has 0 fully saturated rings. The molecule has 0 saturated heterocycles. The van der Waals surface area contributed by atoms with Gasteiger partial charge in [-0.3, -0.25) is 0 Å². The Balaban J connectivity index is 3.32. The molecule has 0 radical (unpaired) electrons. The molecule has 1 aromatic carbocycles. The Morgan fingerprint density at radius 2 is 2.17 bits per heavy atom. The highest BCUT2D eigenvalue weighted by molar-refractivity contribution is 6.33. The fraction of sp³-hybridized carbons (Fsp3) is 0.222. The van der Waals surface area contributed by atoms with Gasteiger partial charge in [0.15, 0.2) is 0 Å². The first kappa shape index (κ1) is 8.89. The maximum absolute atomic E-state index is 8.66. The molecule has 0 aliphatic heterocycles. The van der Waals surface area contributed by atoms with Crippen molar-refractivity contribution >= 4 is 11.6 Å². The van der Waals surface area contributed by atoms with Crippen LogP contribution >= 0.6 is 11.6 Å². The lowest BCUT2D eigenvalue weighted by molar-refractivity contribution is 0.414. The third-order valence-electron chi connectivity index (χ3n) is 1.69. The van der Waals surface area contributed by atoms with Crippen LogP contribution < -0.4 is 4.74 Å². The second-order valence-corrected chi connectivity index (χ2v) is 2.74. The van der Waals surface area contributed by atoms with Crippen LogP contribution in [0.25, 0.3) is 0 Å². The van der Waals surface area contributed by atoms with Gasteiger partial charge in [0.2, 0.25) is 0 Å². The van der Waals surface area contributed by atoms with Gasteiger partial charge in [-0.15, -0.1) is 0 Å². The molecule has 0 aliphatic carbocycles. The summed E-state index contributed by atoms with van der Waals surface area (Å²) in [5.74, 6) is 0.605. The first-order valence-corrected chi connectivity index (χ1v) is 3.81. The molecule has 0 amide bonds.